The van der Waals surface area contributed by atoms with Gasteiger partial charge in [0.15, 0.2) is 0 Å². The molecule has 0 bridgehead atoms. The summed E-state index contributed by atoms with van der Waals surface area (Å²) in [5, 5.41) is 9.58. The van der Waals surface area contributed by atoms with Gasteiger partial charge in [0.2, 0.25) is 0 Å². The smallest absolute Gasteiger partial charge is 0.0571 e. The van der Waals surface area contributed by atoms with E-state index in [2.05, 4.69) is 0 Å². The average Bonchev–Trinajstić information content (AvgIpc) is 2.36. The van der Waals surface area contributed by atoms with Crippen molar-refractivity contribution >= 4 is 0 Å². The summed E-state index contributed by atoms with van der Waals surface area (Å²) in [4.78, 5) is 0. The lowest BCUT2D eigenvalue weighted by molar-refractivity contribution is 0.0477. The van der Waals surface area contributed by atoms with Gasteiger partial charge in [0.1, 0.15) is 0 Å². The second kappa shape index (κ2) is 2.54. The van der Waals surface area contributed by atoms with Crippen LogP contribution < -0.4 is 0 Å². The molecule has 1 heteroatoms. The van der Waals surface area contributed by atoms with Gasteiger partial charge in [-0.25, -0.2) is 0 Å². The number of aliphatic hydroxyl groups excluding tert-OH is 1. The third-order valence-electron chi connectivity index (χ3n) is 3.29. The normalized spacial score (nSPS) is 47.1. The predicted molar refractivity (Wildman–Crippen MR) is 40.7 cm³/mol. The number of aliphatic hydroxyl groups is 1. The topological polar surface area (TPSA) is 20.2 Å². The highest BCUT2D eigenvalue weighted by molar-refractivity contribution is 4.86. The van der Waals surface area contributed by atoms with Crippen LogP contribution in [0.2, 0.25) is 0 Å². The Hall–Kier alpha value is -0.0400. The van der Waals surface area contributed by atoms with Gasteiger partial charge < -0.3 is 5.11 Å². The molecule has 1 nitrogen and oxygen atoms in total. The molecule has 0 saturated heterocycles. The van der Waals surface area contributed by atoms with Crippen molar-refractivity contribution < 1.29 is 5.11 Å². The van der Waals surface area contributed by atoms with Gasteiger partial charge in [-0.15, -0.1) is 0 Å². The molecule has 2 aliphatic carbocycles. The lowest BCUT2D eigenvalue weighted by atomic mass is 9.80. The highest BCUT2D eigenvalue weighted by Gasteiger charge is 2.35. The lowest BCUT2D eigenvalue weighted by Crippen LogP contribution is -2.28. The molecule has 10 heavy (non-hydrogen) atoms. The maximum atomic E-state index is 9.58. The molecule has 0 aromatic heterocycles. The SMILES string of the molecule is O[C@@H]1CCC[C@@H]2CCC[C@H]21. The molecule has 0 unspecified atom stereocenters. The van der Waals surface area contributed by atoms with Gasteiger partial charge in [-0.3, -0.25) is 0 Å². The van der Waals surface area contributed by atoms with Gasteiger partial charge in [0.05, 0.1) is 6.10 Å². The second-order valence-electron chi connectivity index (χ2n) is 3.85. The van der Waals surface area contributed by atoms with Crippen LogP contribution in [0.1, 0.15) is 38.5 Å². The van der Waals surface area contributed by atoms with Crippen LogP contribution in [0.25, 0.3) is 0 Å². The first-order chi connectivity index (χ1) is 4.88. The van der Waals surface area contributed by atoms with Gasteiger partial charge in [0, 0.05) is 0 Å². The summed E-state index contributed by atoms with van der Waals surface area (Å²) in [6.07, 6.45) is 7.84. The molecule has 3 atom stereocenters. The molecule has 2 rings (SSSR count). The van der Waals surface area contributed by atoms with Gasteiger partial charge in [-0.2, -0.15) is 0 Å². The van der Waals surface area contributed by atoms with Crippen LogP contribution in [-0.4, -0.2) is 11.2 Å². The van der Waals surface area contributed by atoms with Crippen LogP contribution in [0.5, 0.6) is 0 Å². The monoisotopic (exact) mass is 140 g/mol. The van der Waals surface area contributed by atoms with E-state index >= 15 is 0 Å². The number of hydrogen-bond acceptors (Lipinski definition) is 1. The molecule has 2 saturated carbocycles. The van der Waals surface area contributed by atoms with E-state index in [1.54, 1.807) is 0 Å². The summed E-state index contributed by atoms with van der Waals surface area (Å²) < 4.78 is 0. The van der Waals surface area contributed by atoms with Crippen molar-refractivity contribution in [3.05, 3.63) is 0 Å². The summed E-state index contributed by atoms with van der Waals surface area (Å²) in [5.74, 6) is 1.58. The number of fused-ring (bicyclic) bond motifs is 1. The van der Waals surface area contributed by atoms with Crippen molar-refractivity contribution in [1.29, 1.82) is 0 Å². The van der Waals surface area contributed by atoms with Crippen LogP contribution in [0.15, 0.2) is 0 Å². The molecule has 0 aromatic carbocycles. The van der Waals surface area contributed by atoms with E-state index in [-0.39, 0.29) is 6.10 Å². The fraction of sp³-hybridized carbons (Fsp3) is 1.00. The van der Waals surface area contributed by atoms with Crippen molar-refractivity contribution in [3.63, 3.8) is 0 Å². The Morgan fingerprint density at radius 3 is 2.30 bits per heavy atom. The summed E-state index contributed by atoms with van der Waals surface area (Å²) in [5.41, 5.74) is 0. The van der Waals surface area contributed by atoms with Crippen molar-refractivity contribution in [3.8, 4) is 0 Å². The minimum absolute atomic E-state index is 0.0567. The number of rotatable bonds is 0. The van der Waals surface area contributed by atoms with Crippen molar-refractivity contribution in [2.24, 2.45) is 11.8 Å². The summed E-state index contributed by atoms with van der Waals surface area (Å²) in [6.45, 7) is 0. The Balaban J connectivity index is 2.03. The highest BCUT2D eigenvalue weighted by Crippen LogP contribution is 2.41. The van der Waals surface area contributed by atoms with E-state index in [0.717, 1.165) is 12.3 Å². The zero-order chi connectivity index (χ0) is 6.97. The van der Waals surface area contributed by atoms with E-state index < -0.39 is 0 Å². The maximum absolute atomic E-state index is 9.58. The lowest BCUT2D eigenvalue weighted by Gasteiger charge is -2.29. The molecule has 0 heterocycles. The Morgan fingerprint density at radius 2 is 1.60 bits per heavy atom. The van der Waals surface area contributed by atoms with Crippen LogP contribution in [-0.2, 0) is 0 Å². The molecule has 0 amide bonds. The summed E-state index contributed by atoms with van der Waals surface area (Å²) in [6, 6.07) is 0. The molecule has 0 aliphatic heterocycles. The van der Waals surface area contributed by atoms with E-state index in [4.69, 9.17) is 0 Å². The fourth-order valence-electron chi connectivity index (χ4n) is 2.73. The second-order valence-corrected chi connectivity index (χ2v) is 3.85. The first kappa shape index (κ1) is 6.66. The van der Waals surface area contributed by atoms with Crippen molar-refractivity contribution in [2.45, 2.75) is 44.6 Å². The molecule has 0 spiro atoms. The van der Waals surface area contributed by atoms with Crippen LogP contribution in [0, 0.1) is 11.8 Å². The van der Waals surface area contributed by atoms with Crippen molar-refractivity contribution in [1.82, 2.24) is 0 Å². The molecular formula is C9H16O. The maximum Gasteiger partial charge on any atom is 0.0571 e. The third-order valence-corrected chi connectivity index (χ3v) is 3.29. The van der Waals surface area contributed by atoms with Crippen molar-refractivity contribution in [2.75, 3.05) is 0 Å². The molecular weight excluding hydrogens is 124 g/mol. The van der Waals surface area contributed by atoms with Gasteiger partial charge in [-0.1, -0.05) is 19.3 Å². The van der Waals surface area contributed by atoms with Gasteiger partial charge in [0.25, 0.3) is 0 Å². The Bertz CT molecular complexity index is 122. The van der Waals surface area contributed by atoms with E-state index in [1.165, 1.54) is 32.1 Å². The summed E-state index contributed by atoms with van der Waals surface area (Å²) in [7, 11) is 0. The average molecular weight is 140 g/mol. The molecule has 2 aliphatic rings. The van der Waals surface area contributed by atoms with Crippen LogP contribution >= 0.6 is 0 Å². The Morgan fingerprint density at radius 1 is 0.900 bits per heavy atom. The zero-order valence-corrected chi connectivity index (χ0v) is 6.42. The van der Waals surface area contributed by atoms with Gasteiger partial charge >= 0.3 is 0 Å². The van der Waals surface area contributed by atoms with E-state index in [0.29, 0.717) is 5.92 Å². The van der Waals surface area contributed by atoms with Gasteiger partial charge in [-0.05, 0) is 31.1 Å². The van der Waals surface area contributed by atoms with Crippen LogP contribution in [0.4, 0.5) is 0 Å². The largest absolute Gasteiger partial charge is 0.393 e. The predicted octanol–water partition coefficient (Wildman–Crippen LogP) is 1.95. The summed E-state index contributed by atoms with van der Waals surface area (Å²) >= 11 is 0. The quantitative estimate of drug-likeness (QED) is 0.545. The minimum atomic E-state index is 0.0567. The Kier molecular flexibility index (Phi) is 1.69. The number of hydrogen-bond donors (Lipinski definition) is 1. The first-order valence-electron chi connectivity index (χ1n) is 4.56. The van der Waals surface area contributed by atoms with E-state index in [9.17, 15) is 5.11 Å². The molecule has 1 N–H and O–H groups in total. The highest BCUT2D eigenvalue weighted by atomic mass is 16.3. The molecule has 0 aromatic rings. The molecule has 0 radical (unpaired) electrons. The first-order valence-corrected chi connectivity index (χ1v) is 4.56. The van der Waals surface area contributed by atoms with E-state index in [1.807, 2.05) is 0 Å². The third kappa shape index (κ3) is 0.968. The standard InChI is InChI=1S/C9H16O/c10-9-6-2-4-7-3-1-5-8(7)9/h7-10H,1-6H2/t7-,8+,9+/m0/s1. The minimum Gasteiger partial charge on any atom is -0.393 e. The fourth-order valence-corrected chi connectivity index (χ4v) is 2.73. The molecule has 58 valence electrons. The van der Waals surface area contributed by atoms with Crippen LogP contribution in [0.3, 0.4) is 0 Å². The Labute approximate surface area is 62.4 Å². The molecule has 2 fully saturated rings. The zero-order valence-electron chi connectivity index (χ0n) is 6.42.